The predicted molar refractivity (Wildman–Crippen MR) is 67.3 cm³/mol. The molecule has 4 heteroatoms. The molecule has 0 aromatic heterocycles. The van der Waals surface area contributed by atoms with Crippen LogP contribution in [-0.4, -0.2) is 25.4 Å². The van der Waals surface area contributed by atoms with Gasteiger partial charge < -0.3 is 20.3 Å². The minimum absolute atomic E-state index is 0.245. The van der Waals surface area contributed by atoms with Crippen LogP contribution in [0.5, 0.6) is 11.5 Å². The maximum Gasteiger partial charge on any atom is 0.161 e. The van der Waals surface area contributed by atoms with Crippen molar-refractivity contribution in [2.24, 2.45) is 5.73 Å². The summed E-state index contributed by atoms with van der Waals surface area (Å²) >= 11 is 0. The number of benzene rings is 1. The Morgan fingerprint density at radius 3 is 2.65 bits per heavy atom. The van der Waals surface area contributed by atoms with Crippen molar-refractivity contribution in [1.82, 2.24) is 0 Å². The fraction of sp³-hybridized carbons (Fsp3) is 0.538. The Morgan fingerprint density at radius 2 is 2.00 bits per heavy atom. The first-order valence-corrected chi connectivity index (χ1v) is 5.92. The molecule has 0 amide bonds. The summed E-state index contributed by atoms with van der Waals surface area (Å²) in [6.45, 7) is 1.37. The smallest absolute Gasteiger partial charge is 0.161 e. The third kappa shape index (κ3) is 4.63. The monoisotopic (exact) mass is 239 g/mol. The number of methoxy groups -OCH3 is 1. The van der Waals surface area contributed by atoms with E-state index in [-0.39, 0.29) is 6.61 Å². The summed E-state index contributed by atoms with van der Waals surface area (Å²) in [4.78, 5) is 0. The Bertz CT molecular complexity index is 328. The van der Waals surface area contributed by atoms with Crippen LogP contribution >= 0.6 is 0 Å². The van der Waals surface area contributed by atoms with Crippen molar-refractivity contribution in [3.63, 3.8) is 0 Å². The van der Waals surface area contributed by atoms with Gasteiger partial charge in [-0.2, -0.15) is 0 Å². The SMILES string of the molecule is COc1cc(CN)ccc1OCCCCCO. The summed E-state index contributed by atoms with van der Waals surface area (Å²) in [5, 5.41) is 8.65. The molecule has 0 fully saturated rings. The molecule has 3 N–H and O–H groups in total. The Kier molecular flexibility index (Phi) is 6.43. The van der Waals surface area contributed by atoms with Gasteiger partial charge in [-0.05, 0) is 37.0 Å². The molecule has 0 saturated carbocycles. The lowest BCUT2D eigenvalue weighted by molar-refractivity contribution is 0.260. The predicted octanol–water partition coefficient (Wildman–Crippen LogP) is 1.70. The summed E-state index contributed by atoms with van der Waals surface area (Å²) < 4.78 is 10.9. The first kappa shape index (κ1) is 13.8. The first-order valence-electron chi connectivity index (χ1n) is 5.92. The van der Waals surface area contributed by atoms with Gasteiger partial charge in [0, 0.05) is 13.2 Å². The second-order valence-electron chi connectivity index (χ2n) is 3.82. The maximum atomic E-state index is 8.65. The summed E-state index contributed by atoms with van der Waals surface area (Å²) in [5.74, 6) is 1.46. The number of rotatable bonds is 8. The first-order chi connectivity index (χ1) is 8.31. The van der Waals surface area contributed by atoms with Crippen LogP contribution in [0.15, 0.2) is 18.2 Å². The molecule has 1 aromatic carbocycles. The van der Waals surface area contributed by atoms with Crippen molar-refractivity contribution in [2.75, 3.05) is 20.3 Å². The molecule has 0 aliphatic heterocycles. The molecule has 0 saturated heterocycles. The van der Waals surface area contributed by atoms with Crippen molar-refractivity contribution >= 4 is 0 Å². The highest BCUT2D eigenvalue weighted by Crippen LogP contribution is 2.28. The van der Waals surface area contributed by atoms with Gasteiger partial charge in [0.2, 0.25) is 0 Å². The van der Waals surface area contributed by atoms with Gasteiger partial charge in [0.15, 0.2) is 11.5 Å². The zero-order chi connectivity index (χ0) is 12.5. The quantitative estimate of drug-likeness (QED) is 0.678. The lowest BCUT2D eigenvalue weighted by atomic mass is 10.2. The second-order valence-corrected chi connectivity index (χ2v) is 3.82. The molecular formula is C13H21NO3. The fourth-order valence-electron chi connectivity index (χ4n) is 1.53. The van der Waals surface area contributed by atoms with Gasteiger partial charge in [0.1, 0.15) is 0 Å². The molecule has 4 nitrogen and oxygen atoms in total. The van der Waals surface area contributed by atoms with Crippen molar-refractivity contribution in [3.8, 4) is 11.5 Å². The molecule has 0 spiro atoms. The average molecular weight is 239 g/mol. The summed E-state index contributed by atoms with van der Waals surface area (Å²) in [6.07, 6.45) is 2.73. The van der Waals surface area contributed by atoms with Crippen LogP contribution in [-0.2, 0) is 6.54 Å². The Hall–Kier alpha value is -1.26. The molecule has 96 valence electrons. The van der Waals surface area contributed by atoms with E-state index in [1.165, 1.54) is 0 Å². The topological polar surface area (TPSA) is 64.7 Å². The van der Waals surface area contributed by atoms with E-state index in [1.54, 1.807) is 7.11 Å². The van der Waals surface area contributed by atoms with Gasteiger partial charge in [0.05, 0.1) is 13.7 Å². The largest absolute Gasteiger partial charge is 0.493 e. The van der Waals surface area contributed by atoms with E-state index >= 15 is 0 Å². The number of unbranched alkanes of at least 4 members (excludes halogenated alkanes) is 2. The molecule has 0 aliphatic rings. The number of hydrogen-bond donors (Lipinski definition) is 2. The lowest BCUT2D eigenvalue weighted by Crippen LogP contribution is -2.02. The fourth-order valence-corrected chi connectivity index (χ4v) is 1.53. The summed E-state index contributed by atoms with van der Waals surface area (Å²) in [7, 11) is 1.62. The van der Waals surface area contributed by atoms with E-state index in [0.29, 0.717) is 13.2 Å². The van der Waals surface area contributed by atoms with Crippen LogP contribution in [0.1, 0.15) is 24.8 Å². The zero-order valence-electron chi connectivity index (χ0n) is 10.3. The van der Waals surface area contributed by atoms with Crippen molar-refractivity contribution < 1.29 is 14.6 Å². The van der Waals surface area contributed by atoms with Gasteiger partial charge in [-0.3, -0.25) is 0 Å². The molecule has 1 aromatic rings. The third-order valence-electron chi connectivity index (χ3n) is 2.52. The van der Waals surface area contributed by atoms with Gasteiger partial charge in [-0.1, -0.05) is 6.07 Å². The van der Waals surface area contributed by atoms with Crippen LogP contribution in [0.25, 0.3) is 0 Å². The lowest BCUT2D eigenvalue weighted by Gasteiger charge is -2.11. The number of hydrogen-bond acceptors (Lipinski definition) is 4. The maximum absolute atomic E-state index is 8.65. The summed E-state index contributed by atoms with van der Waals surface area (Å²) in [5.41, 5.74) is 6.58. The highest BCUT2D eigenvalue weighted by atomic mass is 16.5. The van der Waals surface area contributed by atoms with Gasteiger partial charge in [-0.15, -0.1) is 0 Å². The van der Waals surface area contributed by atoms with E-state index in [1.807, 2.05) is 18.2 Å². The standard InChI is InChI=1S/C13H21NO3/c1-16-13-9-11(10-14)5-6-12(13)17-8-4-2-3-7-15/h5-6,9,15H,2-4,7-8,10,14H2,1H3. The molecule has 0 atom stereocenters. The molecular weight excluding hydrogens is 218 g/mol. The van der Waals surface area contributed by atoms with Gasteiger partial charge >= 0.3 is 0 Å². The van der Waals surface area contributed by atoms with Crippen LogP contribution in [0.3, 0.4) is 0 Å². The molecule has 1 rings (SSSR count). The molecule has 0 bridgehead atoms. The van der Waals surface area contributed by atoms with Gasteiger partial charge in [-0.25, -0.2) is 0 Å². The Labute approximate surface area is 102 Å². The number of aliphatic hydroxyl groups excluding tert-OH is 1. The van der Waals surface area contributed by atoms with E-state index in [0.717, 1.165) is 36.3 Å². The van der Waals surface area contributed by atoms with Crippen molar-refractivity contribution in [1.29, 1.82) is 0 Å². The van der Waals surface area contributed by atoms with Gasteiger partial charge in [0.25, 0.3) is 0 Å². The van der Waals surface area contributed by atoms with Crippen LogP contribution in [0.2, 0.25) is 0 Å². The number of aliphatic hydroxyl groups is 1. The molecule has 0 radical (unpaired) electrons. The van der Waals surface area contributed by atoms with Crippen LogP contribution in [0, 0.1) is 0 Å². The molecule has 0 aliphatic carbocycles. The minimum Gasteiger partial charge on any atom is -0.493 e. The second kappa shape index (κ2) is 7.92. The van der Waals surface area contributed by atoms with E-state index in [4.69, 9.17) is 20.3 Å². The minimum atomic E-state index is 0.245. The van der Waals surface area contributed by atoms with Crippen molar-refractivity contribution in [2.45, 2.75) is 25.8 Å². The van der Waals surface area contributed by atoms with E-state index in [2.05, 4.69) is 0 Å². The highest BCUT2D eigenvalue weighted by Gasteiger charge is 2.04. The third-order valence-corrected chi connectivity index (χ3v) is 2.52. The molecule has 17 heavy (non-hydrogen) atoms. The summed E-state index contributed by atoms with van der Waals surface area (Å²) in [6, 6.07) is 5.71. The average Bonchev–Trinajstić information content (AvgIpc) is 2.38. The van der Waals surface area contributed by atoms with E-state index < -0.39 is 0 Å². The Balaban J connectivity index is 2.46. The molecule has 0 heterocycles. The van der Waals surface area contributed by atoms with Crippen LogP contribution < -0.4 is 15.2 Å². The Morgan fingerprint density at radius 1 is 1.18 bits per heavy atom. The van der Waals surface area contributed by atoms with Crippen LogP contribution in [0.4, 0.5) is 0 Å². The normalized spacial score (nSPS) is 10.3. The van der Waals surface area contributed by atoms with Crippen molar-refractivity contribution in [3.05, 3.63) is 23.8 Å². The van der Waals surface area contributed by atoms with E-state index in [9.17, 15) is 0 Å². The zero-order valence-corrected chi connectivity index (χ0v) is 10.3. The number of nitrogens with two attached hydrogens (primary N) is 1. The molecule has 0 unspecified atom stereocenters. The number of ether oxygens (including phenoxy) is 2. The highest BCUT2D eigenvalue weighted by molar-refractivity contribution is 5.42.